The molecule has 1 fully saturated rings. The van der Waals surface area contributed by atoms with Crippen molar-refractivity contribution in [3.05, 3.63) is 39.8 Å². The fourth-order valence-corrected chi connectivity index (χ4v) is 3.57. The number of morpholine rings is 1. The Bertz CT molecular complexity index is 564. The summed E-state index contributed by atoms with van der Waals surface area (Å²) in [7, 11) is 0. The predicted molar refractivity (Wildman–Crippen MR) is 85.9 cm³/mol. The van der Waals surface area contributed by atoms with Crippen LogP contribution in [0.2, 0.25) is 0 Å². The normalized spacial score (nSPS) is 20.0. The first-order chi connectivity index (χ1) is 10.2. The van der Waals surface area contributed by atoms with Crippen LogP contribution in [0.3, 0.4) is 0 Å². The second-order valence-corrected chi connectivity index (χ2v) is 6.76. The van der Waals surface area contributed by atoms with Gasteiger partial charge < -0.3 is 4.74 Å². The van der Waals surface area contributed by atoms with Crippen molar-refractivity contribution < 1.29 is 4.74 Å². The van der Waals surface area contributed by atoms with Crippen molar-refractivity contribution in [2.45, 2.75) is 32.9 Å². The van der Waals surface area contributed by atoms with Crippen molar-refractivity contribution in [3.63, 3.8) is 0 Å². The summed E-state index contributed by atoms with van der Waals surface area (Å²) in [4.78, 5) is 3.98. The molecule has 0 amide bonds. The zero-order chi connectivity index (χ0) is 14.7. The molecule has 3 heterocycles. The monoisotopic (exact) mass is 305 g/mol. The molecule has 4 nitrogen and oxygen atoms in total. The van der Waals surface area contributed by atoms with Crippen molar-refractivity contribution in [2.75, 3.05) is 26.2 Å². The lowest BCUT2D eigenvalue weighted by molar-refractivity contribution is -0.0372. The Kier molecular flexibility index (Phi) is 4.73. The Morgan fingerprint density at radius 1 is 1.43 bits per heavy atom. The summed E-state index contributed by atoms with van der Waals surface area (Å²) in [6, 6.07) is 6.47. The predicted octanol–water partition coefficient (Wildman–Crippen LogP) is 2.50. The molecule has 0 unspecified atom stereocenters. The summed E-state index contributed by atoms with van der Waals surface area (Å²) in [5.41, 5.74) is 2.30. The van der Waals surface area contributed by atoms with Gasteiger partial charge in [0.15, 0.2) is 0 Å². The number of hydrogen-bond acceptors (Lipinski definition) is 4. The van der Waals surface area contributed by atoms with Crippen molar-refractivity contribution in [3.8, 4) is 0 Å². The fraction of sp³-hybridized carbons (Fsp3) is 0.562. The molecule has 114 valence electrons. The first-order valence-electron chi connectivity index (χ1n) is 7.58. The van der Waals surface area contributed by atoms with Gasteiger partial charge in [-0.3, -0.25) is 9.58 Å². The van der Waals surface area contributed by atoms with E-state index in [-0.39, 0.29) is 6.10 Å². The second-order valence-electron chi connectivity index (χ2n) is 5.73. The first-order valence-corrected chi connectivity index (χ1v) is 8.46. The standard InChI is InChI=1S/C16H23N3OS/c1-13-10-14(2)19(17-13)12-15-11-18(7-8-20-15)6-5-16-4-3-9-21-16/h3-4,9-10,15H,5-8,11-12H2,1-2H3/t15-/m0/s1. The molecule has 2 aromatic heterocycles. The molecular weight excluding hydrogens is 282 g/mol. The Hall–Kier alpha value is -1.17. The number of aryl methyl sites for hydroxylation is 2. The van der Waals surface area contributed by atoms with E-state index in [0.29, 0.717) is 0 Å². The minimum atomic E-state index is 0.250. The lowest BCUT2D eigenvalue weighted by Crippen LogP contribution is -2.45. The van der Waals surface area contributed by atoms with E-state index in [4.69, 9.17) is 4.74 Å². The lowest BCUT2D eigenvalue weighted by Gasteiger charge is -2.33. The highest BCUT2D eigenvalue weighted by Gasteiger charge is 2.21. The van der Waals surface area contributed by atoms with Gasteiger partial charge in [0.1, 0.15) is 0 Å². The summed E-state index contributed by atoms with van der Waals surface area (Å²) in [6.45, 7) is 9.00. The van der Waals surface area contributed by atoms with Crippen molar-refractivity contribution in [2.24, 2.45) is 0 Å². The van der Waals surface area contributed by atoms with E-state index in [1.807, 2.05) is 18.3 Å². The van der Waals surface area contributed by atoms with Crippen LogP contribution in [0, 0.1) is 13.8 Å². The van der Waals surface area contributed by atoms with Gasteiger partial charge in [0.25, 0.3) is 0 Å². The van der Waals surface area contributed by atoms with Crippen LogP contribution in [-0.4, -0.2) is 47.0 Å². The molecule has 2 aromatic rings. The van der Waals surface area contributed by atoms with E-state index in [1.54, 1.807) is 0 Å². The maximum absolute atomic E-state index is 5.91. The van der Waals surface area contributed by atoms with Crippen LogP contribution in [0.25, 0.3) is 0 Å². The number of ether oxygens (including phenoxy) is 1. The molecule has 0 radical (unpaired) electrons. The Morgan fingerprint density at radius 3 is 3.05 bits per heavy atom. The Labute approximate surface area is 130 Å². The molecule has 0 bridgehead atoms. The zero-order valence-corrected chi connectivity index (χ0v) is 13.6. The molecule has 3 rings (SSSR count). The molecule has 0 N–H and O–H groups in total. The van der Waals surface area contributed by atoms with Crippen LogP contribution in [0.5, 0.6) is 0 Å². The minimum Gasteiger partial charge on any atom is -0.374 e. The van der Waals surface area contributed by atoms with Gasteiger partial charge in [-0.2, -0.15) is 5.10 Å². The summed E-state index contributed by atoms with van der Waals surface area (Å²) in [5, 5.41) is 6.69. The van der Waals surface area contributed by atoms with Crippen molar-refractivity contribution in [1.82, 2.24) is 14.7 Å². The van der Waals surface area contributed by atoms with Crippen LogP contribution >= 0.6 is 11.3 Å². The van der Waals surface area contributed by atoms with E-state index >= 15 is 0 Å². The highest BCUT2D eigenvalue weighted by Crippen LogP contribution is 2.13. The summed E-state index contributed by atoms with van der Waals surface area (Å²) in [5.74, 6) is 0. The van der Waals surface area contributed by atoms with Gasteiger partial charge in [0.2, 0.25) is 0 Å². The molecule has 0 aliphatic carbocycles. The van der Waals surface area contributed by atoms with Gasteiger partial charge in [-0.1, -0.05) is 6.07 Å². The van der Waals surface area contributed by atoms with Crippen molar-refractivity contribution >= 4 is 11.3 Å². The zero-order valence-electron chi connectivity index (χ0n) is 12.8. The molecular formula is C16H23N3OS. The van der Waals surface area contributed by atoms with Gasteiger partial charge in [0, 0.05) is 30.2 Å². The average Bonchev–Trinajstić information content (AvgIpc) is 3.07. The molecule has 5 heteroatoms. The van der Waals surface area contributed by atoms with E-state index in [9.17, 15) is 0 Å². The van der Waals surface area contributed by atoms with Crippen LogP contribution in [0.15, 0.2) is 23.6 Å². The number of nitrogens with zero attached hydrogens (tertiary/aromatic N) is 3. The Balaban J connectivity index is 1.52. The molecule has 1 aliphatic rings. The smallest absolute Gasteiger partial charge is 0.0898 e. The van der Waals surface area contributed by atoms with E-state index < -0.39 is 0 Å². The maximum atomic E-state index is 5.91. The minimum absolute atomic E-state index is 0.250. The third-order valence-electron chi connectivity index (χ3n) is 3.96. The largest absolute Gasteiger partial charge is 0.374 e. The third-order valence-corrected chi connectivity index (χ3v) is 4.89. The average molecular weight is 305 g/mol. The summed E-state index contributed by atoms with van der Waals surface area (Å²) in [6.07, 6.45) is 1.39. The van der Waals surface area contributed by atoms with Gasteiger partial charge >= 0.3 is 0 Å². The first kappa shape index (κ1) is 14.8. The highest BCUT2D eigenvalue weighted by molar-refractivity contribution is 7.09. The number of thiophene rings is 1. The topological polar surface area (TPSA) is 30.3 Å². The molecule has 0 spiro atoms. The van der Waals surface area contributed by atoms with Gasteiger partial charge in [0.05, 0.1) is 24.9 Å². The molecule has 0 aromatic carbocycles. The van der Waals surface area contributed by atoms with Crippen LogP contribution in [0.4, 0.5) is 0 Å². The molecule has 1 atom stereocenters. The molecule has 0 saturated carbocycles. The van der Waals surface area contributed by atoms with Gasteiger partial charge in [-0.25, -0.2) is 0 Å². The maximum Gasteiger partial charge on any atom is 0.0898 e. The Morgan fingerprint density at radius 2 is 2.33 bits per heavy atom. The van der Waals surface area contributed by atoms with Crippen LogP contribution < -0.4 is 0 Å². The fourth-order valence-electron chi connectivity index (χ4n) is 2.87. The van der Waals surface area contributed by atoms with E-state index in [1.165, 1.54) is 10.6 Å². The van der Waals surface area contributed by atoms with Gasteiger partial charge in [-0.15, -0.1) is 11.3 Å². The molecule has 1 aliphatic heterocycles. The number of rotatable bonds is 5. The SMILES string of the molecule is Cc1cc(C)n(C[C@@H]2CN(CCc3cccs3)CCO2)n1. The van der Waals surface area contributed by atoms with E-state index in [0.717, 1.165) is 44.9 Å². The molecule has 21 heavy (non-hydrogen) atoms. The summed E-state index contributed by atoms with van der Waals surface area (Å²) >= 11 is 1.85. The number of hydrogen-bond donors (Lipinski definition) is 0. The van der Waals surface area contributed by atoms with Crippen LogP contribution in [0.1, 0.15) is 16.3 Å². The summed E-state index contributed by atoms with van der Waals surface area (Å²) < 4.78 is 7.99. The van der Waals surface area contributed by atoms with Crippen LogP contribution in [-0.2, 0) is 17.7 Å². The van der Waals surface area contributed by atoms with E-state index in [2.05, 4.69) is 45.2 Å². The molecule has 1 saturated heterocycles. The van der Waals surface area contributed by atoms with Gasteiger partial charge in [-0.05, 0) is 37.8 Å². The lowest BCUT2D eigenvalue weighted by atomic mass is 10.2. The highest BCUT2D eigenvalue weighted by atomic mass is 32.1. The third kappa shape index (κ3) is 3.93. The number of aromatic nitrogens is 2. The van der Waals surface area contributed by atoms with Crippen molar-refractivity contribution in [1.29, 1.82) is 0 Å². The quantitative estimate of drug-likeness (QED) is 0.850. The second kappa shape index (κ2) is 6.73.